The first-order valence-corrected chi connectivity index (χ1v) is 10.6. The number of nitrogens with one attached hydrogen (secondary N) is 2. The molecule has 1 saturated heterocycles. The van der Waals surface area contributed by atoms with Crippen molar-refractivity contribution >= 4 is 17.2 Å². The Kier molecular flexibility index (Phi) is 3.89. The number of amides is 1. The molecule has 5 heteroatoms. The lowest BCUT2D eigenvalue weighted by Gasteiger charge is -2.54. The third-order valence-corrected chi connectivity index (χ3v) is 7.97. The summed E-state index contributed by atoms with van der Waals surface area (Å²) in [5, 5.41) is 9.92. The van der Waals surface area contributed by atoms with E-state index >= 15 is 0 Å². The molecule has 1 aliphatic heterocycles. The van der Waals surface area contributed by atoms with Gasteiger partial charge in [-0.25, -0.2) is 4.98 Å². The van der Waals surface area contributed by atoms with Crippen LogP contribution in [0, 0.1) is 23.7 Å². The summed E-state index contributed by atoms with van der Waals surface area (Å²) in [6.45, 7) is 2.14. The first-order valence-electron chi connectivity index (χ1n) is 9.73. The van der Waals surface area contributed by atoms with E-state index in [1.165, 1.54) is 32.1 Å². The molecule has 2 N–H and O–H groups in total. The molecule has 0 aromatic carbocycles. The average molecular weight is 346 g/mol. The number of aromatic nitrogens is 1. The van der Waals surface area contributed by atoms with Crippen LogP contribution in [0.15, 0.2) is 5.38 Å². The minimum absolute atomic E-state index is 0.0731. The number of rotatable bonds is 3. The van der Waals surface area contributed by atoms with Gasteiger partial charge in [0.25, 0.3) is 5.91 Å². The quantitative estimate of drug-likeness (QED) is 0.885. The lowest BCUT2D eigenvalue weighted by Crippen LogP contribution is -2.55. The van der Waals surface area contributed by atoms with E-state index in [9.17, 15) is 4.79 Å². The molecule has 4 nitrogen and oxygen atoms in total. The largest absolute Gasteiger partial charge is 0.347 e. The van der Waals surface area contributed by atoms with E-state index in [0.29, 0.717) is 17.7 Å². The van der Waals surface area contributed by atoms with E-state index < -0.39 is 0 Å². The summed E-state index contributed by atoms with van der Waals surface area (Å²) in [5.41, 5.74) is 0.655. The van der Waals surface area contributed by atoms with Gasteiger partial charge in [0.15, 0.2) is 0 Å². The van der Waals surface area contributed by atoms with Crippen molar-refractivity contribution in [2.45, 2.75) is 56.9 Å². The predicted octanol–water partition coefficient (Wildman–Crippen LogP) is 3.16. The average Bonchev–Trinajstić information content (AvgIpc) is 3.08. The van der Waals surface area contributed by atoms with Gasteiger partial charge in [0.05, 0.1) is 5.01 Å². The highest BCUT2D eigenvalue weighted by Gasteiger charge is 2.48. The number of thiazole rings is 1. The van der Waals surface area contributed by atoms with Gasteiger partial charge >= 0.3 is 0 Å². The van der Waals surface area contributed by atoms with Gasteiger partial charge in [-0.3, -0.25) is 4.79 Å². The fraction of sp³-hybridized carbons (Fsp3) is 0.789. The van der Waals surface area contributed by atoms with Gasteiger partial charge in [0, 0.05) is 17.3 Å². The second-order valence-corrected chi connectivity index (χ2v) is 9.41. The van der Waals surface area contributed by atoms with E-state index in [0.717, 1.165) is 54.6 Å². The molecule has 6 rings (SSSR count). The van der Waals surface area contributed by atoms with Crippen LogP contribution in [0.5, 0.6) is 0 Å². The Labute approximate surface area is 147 Å². The van der Waals surface area contributed by atoms with Gasteiger partial charge in [-0.15, -0.1) is 11.3 Å². The molecular formula is C19H27N3OS. The van der Waals surface area contributed by atoms with Gasteiger partial charge < -0.3 is 10.6 Å². The van der Waals surface area contributed by atoms with Crippen LogP contribution in [0.4, 0.5) is 0 Å². The van der Waals surface area contributed by atoms with Gasteiger partial charge in [-0.05, 0) is 81.7 Å². The summed E-state index contributed by atoms with van der Waals surface area (Å²) < 4.78 is 0. The minimum Gasteiger partial charge on any atom is -0.347 e. The Hall–Kier alpha value is -0.940. The molecule has 1 aromatic heterocycles. The molecule has 4 bridgehead atoms. The van der Waals surface area contributed by atoms with Crippen LogP contribution in [-0.2, 0) is 0 Å². The highest BCUT2D eigenvalue weighted by molar-refractivity contribution is 7.09. The minimum atomic E-state index is 0.0731. The smallest absolute Gasteiger partial charge is 0.270 e. The molecule has 2 heterocycles. The van der Waals surface area contributed by atoms with Crippen molar-refractivity contribution in [3.63, 3.8) is 0 Å². The molecule has 4 saturated carbocycles. The van der Waals surface area contributed by atoms with Crippen molar-refractivity contribution in [1.29, 1.82) is 0 Å². The van der Waals surface area contributed by atoms with E-state index in [4.69, 9.17) is 4.98 Å². The first-order chi connectivity index (χ1) is 11.8. The Morgan fingerprint density at radius 2 is 1.75 bits per heavy atom. The number of piperidine rings is 1. The summed E-state index contributed by atoms with van der Waals surface area (Å²) >= 11 is 1.68. The molecule has 130 valence electrons. The zero-order valence-electron chi connectivity index (χ0n) is 14.2. The Morgan fingerprint density at radius 3 is 2.42 bits per heavy atom. The van der Waals surface area contributed by atoms with Crippen LogP contribution >= 0.6 is 11.3 Å². The molecule has 0 spiro atoms. The molecule has 0 unspecified atom stereocenters. The van der Waals surface area contributed by atoms with Gasteiger partial charge in [0.2, 0.25) is 0 Å². The number of carbonyl (C=O) groups is 1. The van der Waals surface area contributed by atoms with Crippen LogP contribution < -0.4 is 10.6 Å². The van der Waals surface area contributed by atoms with Crippen LogP contribution in [-0.4, -0.2) is 30.0 Å². The maximum absolute atomic E-state index is 12.8. The maximum Gasteiger partial charge on any atom is 0.270 e. The van der Waals surface area contributed by atoms with Gasteiger partial charge in [-0.2, -0.15) is 0 Å². The van der Waals surface area contributed by atoms with Crippen LogP contribution in [0.2, 0.25) is 0 Å². The molecular weight excluding hydrogens is 318 g/mol. The van der Waals surface area contributed by atoms with Crippen molar-refractivity contribution < 1.29 is 4.79 Å². The number of nitrogens with zero attached hydrogens (tertiary/aromatic N) is 1. The van der Waals surface area contributed by atoms with Crippen molar-refractivity contribution in [3.8, 4) is 0 Å². The Balaban J connectivity index is 1.26. The molecule has 24 heavy (non-hydrogen) atoms. The molecule has 5 fully saturated rings. The Morgan fingerprint density at radius 1 is 1.08 bits per heavy atom. The second kappa shape index (κ2) is 6.10. The molecule has 0 radical (unpaired) electrons. The topological polar surface area (TPSA) is 54.0 Å². The third kappa shape index (κ3) is 2.70. The summed E-state index contributed by atoms with van der Waals surface area (Å²) in [5.74, 6) is 3.97. The standard InChI is InChI=1S/C19H27N3OS/c23-18(16-10-24-19(21-16)13-1-3-20-4-2-13)22-17-14-6-11-5-12(8-14)9-15(17)7-11/h10-15,17,20H,1-9H2,(H,22,23). The van der Waals surface area contributed by atoms with Crippen LogP contribution in [0.1, 0.15) is 66.4 Å². The zero-order chi connectivity index (χ0) is 16.1. The number of hydrogen-bond donors (Lipinski definition) is 2. The summed E-state index contributed by atoms with van der Waals surface area (Å²) in [6, 6.07) is 0.411. The summed E-state index contributed by atoms with van der Waals surface area (Å²) in [4.78, 5) is 17.4. The van der Waals surface area contributed by atoms with Crippen molar-refractivity contribution in [1.82, 2.24) is 15.6 Å². The van der Waals surface area contributed by atoms with E-state index in [-0.39, 0.29) is 5.91 Å². The van der Waals surface area contributed by atoms with Crippen molar-refractivity contribution in [2.24, 2.45) is 23.7 Å². The first kappa shape index (κ1) is 15.3. The molecule has 0 atom stereocenters. The lowest BCUT2D eigenvalue weighted by molar-refractivity contribution is -0.0120. The SMILES string of the molecule is O=C(NC1C2CC3CC(C2)CC1C3)c1csc(C2CCNCC2)n1. The molecule has 4 aliphatic carbocycles. The highest BCUT2D eigenvalue weighted by Crippen LogP contribution is 2.53. The second-order valence-electron chi connectivity index (χ2n) is 8.53. The van der Waals surface area contributed by atoms with E-state index in [1.807, 2.05) is 5.38 Å². The maximum atomic E-state index is 12.8. The van der Waals surface area contributed by atoms with Crippen LogP contribution in [0.25, 0.3) is 0 Å². The lowest BCUT2D eigenvalue weighted by atomic mass is 9.54. The molecule has 1 aromatic rings. The fourth-order valence-electron chi connectivity index (χ4n) is 6.03. The third-order valence-electron chi connectivity index (χ3n) is 6.97. The fourth-order valence-corrected chi connectivity index (χ4v) is 7.01. The van der Waals surface area contributed by atoms with Crippen molar-refractivity contribution in [3.05, 3.63) is 16.1 Å². The predicted molar refractivity (Wildman–Crippen MR) is 95.3 cm³/mol. The zero-order valence-corrected chi connectivity index (χ0v) is 15.0. The summed E-state index contributed by atoms with van der Waals surface area (Å²) in [6.07, 6.45) is 9.11. The molecule has 1 amide bonds. The van der Waals surface area contributed by atoms with Gasteiger partial charge in [-0.1, -0.05) is 0 Å². The Bertz CT molecular complexity index is 594. The summed E-state index contributed by atoms with van der Waals surface area (Å²) in [7, 11) is 0. The van der Waals surface area contributed by atoms with Gasteiger partial charge in [0.1, 0.15) is 5.69 Å². The molecule has 5 aliphatic rings. The van der Waals surface area contributed by atoms with Crippen molar-refractivity contribution in [2.75, 3.05) is 13.1 Å². The highest BCUT2D eigenvalue weighted by atomic mass is 32.1. The normalized spacial score (nSPS) is 38.4. The van der Waals surface area contributed by atoms with Crippen LogP contribution in [0.3, 0.4) is 0 Å². The number of hydrogen-bond acceptors (Lipinski definition) is 4. The monoisotopic (exact) mass is 345 g/mol. The van der Waals surface area contributed by atoms with E-state index in [1.54, 1.807) is 11.3 Å². The van der Waals surface area contributed by atoms with E-state index in [2.05, 4.69) is 10.6 Å². The number of carbonyl (C=O) groups excluding carboxylic acids is 1.